The Balaban J connectivity index is 1.39. The highest BCUT2D eigenvalue weighted by Gasteiger charge is 2.39. The van der Waals surface area contributed by atoms with Crippen LogP contribution in [0.4, 0.5) is 0 Å². The average Bonchev–Trinajstić information content (AvgIpc) is 3.36. The topological polar surface area (TPSA) is 62.4 Å². The van der Waals surface area contributed by atoms with Crippen molar-refractivity contribution in [3.63, 3.8) is 0 Å². The van der Waals surface area contributed by atoms with Crippen LogP contribution in [0.3, 0.4) is 0 Å². The van der Waals surface area contributed by atoms with Crippen molar-refractivity contribution in [3.8, 4) is 5.75 Å². The minimum atomic E-state index is -0.226. The fraction of sp³-hybridized carbons (Fsp3) is 0.154. The highest BCUT2D eigenvalue weighted by atomic mass is 127. The molecule has 2 amide bonds. The smallest absolute Gasteiger partial charge is 0.261 e. The van der Waals surface area contributed by atoms with Crippen LogP contribution in [0, 0.1) is 0 Å². The third-order valence-corrected chi connectivity index (χ3v) is 6.84. The molecule has 160 valence electrons. The van der Waals surface area contributed by atoms with E-state index in [-0.39, 0.29) is 17.9 Å². The SMILES string of the molecule is O=C1c2ccccc2C(=O)N1[C@H](CI)Cc1c[nH]c2c(OCc3ccccc3)cccc12. The number of para-hydroxylation sites is 1. The van der Waals surface area contributed by atoms with E-state index in [1.807, 2.05) is 54.7 Å². The third kappa shape index (κ3) is 3.68. The summed E-state index contributed by atoms with van der Waals surface area (Å²) in [6, 6.07) is 22.8. The predicted molar refractivity (Wildman–Crippen MR) is 132 cm³/mol. The van der Waals surface area contributed by atoms with Gasteiger partial charge in [-0.1, -0.05) is 77.2 Å². The second-order valence-corrected chi connectivity index (χ2v) is 8.69. The van der Waals surface area contributed by atoms with Gasteiger partial charge in [0.25, 0.3) is 11.8 Å². The lowest BCUT2D eigenvalue weighted by molar-refractivity contribution is 0.0602. The maximum Gasteiger partial charge on any atom is 0.261 e. The molecule has 1 aliphatic rings. The standard InChI is InChI=1S/C26H21IN2O3/c27-14-19(29-25(30)21-9-4-5-10-22(21)26(29)31)13-18-15-28-24-20(18)11-6-12-23(24)32-16-17-7-2-1-3-8-17/h1-12,15,19,28H,13-14,16H2/t19-/m0/s1. The van der Waals surface area contributed by atoms with Gasteiger partial charge in [-0.05, 0) is 35.7 Å². The molecule has 32 heavy (non-hydrogen) atoms. The number of carbonyl (C=O) groups excluding carboxylic acids is 2. The number of hydrogen-bond donors (Lipinski definition) is 1. The number of fused-ring (bicyclic) bond motifs is 2. The monoisotopic (exact) mass is 536 g/mol. The molecule has 0 spiro atoms. The molecular formula is C26H21IN2O3. The Morgan fingerprint density at radius 3 is 2.25 bits per heavy atom. The molecule has 0 saturated heterocycles. The number of aromatic amines is 1. The molecular weight excluding hydrogens is 515 g/mol. The summed E-state index contributed by atoms with van der Waals surface area (Å²) in [4.78, 5) is 30.7. The van der Waals surface area contributed by atoms with Crippen LogP contribution in [0.5, 0.6) is 5.75 Å². The predicted octanol–water partition coefficient (Wildman–Crippen LogP) is 5.39. The number of imide groups is 1. The first-order valence-corrected chi connectivity index (χ1v) is 12.0. The second kappa shape index (κ2) is 8.78. The van der Waals surface area contributed by atoms with Gasteiger partial charge >= 0.3 is 0 Å². The van der Waals surface area contributed by atoms with Crippen molar-refractivity contribution < 1.29 is 14.3 Å². The van der Waals surface area contributed by atoms with Crippen molar-refractivity contribution in [1.82, 2.24) is 9.88 Å². The van der Waals surface area contributed by atoms with E-state index in [9.17, 15) is 9.59 Å². The van der Waals surface area contributed by atoms with E-state index >= 15 is 0 Å². The third-order valence-electron chi connectivity index (χ3n) is 5.82. The summed E-state index contributed by atoms with van der Waals surface area (Å²) in [5.41, 5.74) is 4.06. The lowest BCUT2D eigenvalue weighted by Gasteiger charge is -2.24. The van der Waals surface area contributed by atoms with Crippen molar-refractivity contribution in [1.29, 1.82) is 0 Å². The van der Waals surface area contributed by atoms with Crippen molar-refractivity contribution in [2.45, 2.75) is 19.1 Å². The first-order chi connectivity index (χ1) is 15.7. The molecule has 1 atom stereocenters. The van der Waals surface area contributed by atoms with Crippen molar-refractivity contribution >= 4 is 45.3 Å². The lowest BCUT2D eigenvalue weighted by Crippen LogP contribution is -2.42. The average molecular weight is 536 g/mol. The van der Waals surface area contributed by atoms with Crippen LogP contribution in [0.15, 0.2) is 79.0 Å². The number of H-pyrrole nitrogens is 1. The summed E-state index contributed by atoms with van der Waals surface area (Å²) in [7, 11) is 0. The Morgan fingerprint density at radius 2 is 1.56 bits per heavy atom. The lowest BCUT2D eigenvalue weighted by atomic mass is 10.0. The summed E-state index contributed by atoms with van der Waals surface area (Å²) in [5, 5.41) is 1.04. The van der Waals surface area contributed by atoms with Gasteiger partial charge in [0, 0.05) is 16.0 Å². The van der Waals surface area contributed by atoms with Gasteiger partial charge < -0.3 is 9.72 Å². The molecule has 5 nitrogen and oxygen atoms in total. The number of nitrogens with one attached hydrogen (secondary N) is 1. The second-order valence-electron chi connectivity index (χ2n) is 7.81. The first-order valence-electron chi connectivity index (χ1n) is 10.5. The normalized spacial score (nSPS) is 14.1. The zero-order chi connectivity index (χ0) is 22.1. The molecule has 6 heteroatoms. The Hall–Kier alpha value is -3.13. The largest absolute Gasteiger partial charge is 0.487 e. The van der Waals surface area contributed by atoms with Crippen LogP contribution < -0.4 is 4.74 Å². The number of benzene rings is 3. The van der Waals surface area contributed by atoms with Gasteiger partial charge in [0.05, 0.1) is 22.7 Å². The van der Waals surface area contributed by atoms with E-state index in [0.29, 0.717) is 28.6 Å². The zero-order valence-electron chi connectivity index (χ0n) is 17.3. The number of aromatic nitrogens is 1. The van der Waals surface area contributed by atoms with E-state index in [1.54, 1.807) is 24.3 Å². The van der Waals surface area contributed by atoms with Crippen LogP contribution in [-0.2, 0) is 13.0 Å². The van der Waals surface area contributed by atoms with Crippen LogP contribution in [0.25, 0.3) is 10.9 Å². The number of amides is 2. The Labute approximate surface area is 199 Å². The Bertz CT molecular complexity index is 1260. The van der Waals surface area contributed by atoms with Gasteiger partial charge in [0.1, 0.15) is 12.4 Å². The van der Waals surface area contributed by atoms with Crippen LogP contribution >= 0.6 is 22.6 Å². The molecule has 4 aromatic rings. The maximum atomic E-state index is 12.9. The molecule has 1 aliphatic heterocycles. The van der Waals surface area contributed by atoms with E-state index in [2.05, 4.69) is 27.6 Å². The number of halogens is 1. The first kappa shape index (κ1) is 20.8. The van der Waals surface area contributed by atoms with E-state index in [1.165, 1.54) is 4.90 Å². The fourth-order valence-electron chi connectivity index (χ4n) is 4.22. The minimum Gasteiger partial charge on any atom is -0.487 e. The van der Waals surface area contributed by atoms with E-state index in [0.717, 1.165) is 27.8 Å². The van der Waals surface area contributed by atoms with Gasteiger partial charge in [-0.3, -0.25) is 14.5 Å². The zero-order valence-corrected chi connectivity index (χ0v) is 19.4. The van der Waals surface area contributed by atoms with Gasteiger partial charge in [0.2, 0.25) is 0 Å². The van der Waals surface area contributed by atoms with Crippen LogP contribution in [-0.4, -0.2) is 32.2 Å². The number of ether oxygens (including phenoxy) is 1. The number of carbonyl (C=O) groups is 2. The highest BCUT2D eigenvalue weighted by Crippen LogP contribution is 2.31. The summed E-state index contributed by atoms with van der Waals surface area (Å²) in [5.74, 6) is 0.363. The molecule has 0 bridgehead atoms. The van der Waals surface area contributed by atoms with E-state index in [4.69, 9.17) is 4.74 Å². The van der Waals surface area contributed by atoms with Crippen molar-refractivity contribution in [3.05, 3.63) is 101 Å². The Kier molecular flexibility index (Phi) is 5.70. The van der Waals surface area contributed by atoms with Gasteiger partial charge in [-0.2, -0.15) is 0 Å². The summed E-state index contributed by atoms with van der Waals surface area (Å²) in [6.45, 7) is 0.486. The van der Waals surface area contributed by atoms with Crippen LogP contribution in [0.2, 0.25) is 0 Å². The van der Waals surface area contributed by atoms with Crippen LogP contribution in [0.1, 0.15) is 31.8 Å². The molecule has 0 saturated carbocycles. The number of rotatable bonds is 7. The maximum absolute atomic E-state index is 12.9. The molecule has 0 radical (unpaired) electrons. The molecule has 0 aliphatic carbocycles. The van der Waals surface area contributed by atoms with E-state index < -0.39 is 0 Å². The number of alkyl halides is 1. The molecule has 1 aromatic heterocycles. The number of hydrogen-bond acceptors (Lipinski definition) is 3. The molecule has 1 N–H and O–H groups in total. The van der Waals surface area contributed by atoms with Gasteiger partial charge in [-0.25, -0.2) is 0 Å². The van der Waals surface area contributed by atoms with Gasteiger partial charge in [-0.15, -0.1) is 0 Å². The molecule has 5 rings (SSSR count). The molecule has 0 fully saturated rings. The molecule has 3 aromatic carbocycles. The number of nitrogens with zero attached hydrogens (tertiary/aromatic N) is 1. The Morgan fingerprint density at radius 1 is 0.875 bits per heavy atom. The quantitative estimate of drug-likeness (QED) is 0.196. The summed E-state index contributed by atoms with van der Waals surface area (Å²) in [6.07, 6.45) is 2.54. The summed E-state index contributed by atoms with van der Waals surface area (Å²) >= 11 is 2.25. The summed E-state index contributed by atoms with van der Waals surface area (Å²) < 4.78 is 6.73. The molecule has 2 heterocycles. The fourth-order valence-corrected chi connectivity index (χ4v) is 4.92. The molecule has 0 unspecified atom stereocenters. The van der Waals surface area contributed by atoms with Crippen molar-refractivity contribution in [2.24, 2.45) is 0 Å². The van der Waals surface area contributed by atoms with Crippen molar-refractivity contribution in [2.75, 3.05) is 4.43 Å². The van der Waals surface area contributed by atoms with Gasteiger partial charge in [0.15, 0.2) is 0 Å². The highest BCUT2D eigenvalue weighted by molar-refractivity contribution is 14.1. The minimum absolute atomic E-state index is 0.209.